The van der Waals surface area contributed by atoms with Gasteiger partial charge in [0.1, 0.15) is 10.8 Å². The molecule has 1 aliphatic heterocycles. The van der Waals surface area contributed by atoms with Gasteiger partial charge in [-0.05, 0) is 87.4 Å². The van der Waals surface area contributed by atoms with Crippen molar-refractivity contribution in [1.82, 2.24) is 9.97 Å². The standard InChI is InChI=1S/C33H28ClN3O5S/c1-17-13-24-30(28(18-5-8-21(34)9-6-18)27(17)29(32(39)40)42-33(2,3)4)43-31(37-24)20-11-12-35-22(15-20)19-7-10-25-23(14-19)36-26(38)16-41-25/h5-15,29H,16H2,1-4H3,(H,36,38)(H,39,40). The number of anilines is 1. The minimum absolute atomic E-state index is 0.00751. The van der Waals surface area contributed by atoms with Gasteiger partial charge in [0.2, 0.25) is 0 Å². The highest BCUT2D eigenvalue weighted by atomic mass is 35.5. The van der Waals surface area contributed by atoms with E-state index in [0.717, 1.165) is 43.0 Å². The molecule has 2 N–H and O–H groups in total. The summed E-state index contributed by atoms with van der Waals surface area (Å²) >= 11 is 7.70. The number of benzene rings is 3. The highest BCUT2D eigenvalue weighted by molar-refractivity contribution is 7.22. The van der Waals surface area contributed by atoms with Crippen molar-refractivity contribution >= 4 is 50.7 Å². The Kier molecular flexibility index (Phi) is 7.41. The molecule has 3 heterocycles. The van der Waals surface area contributed by atoms with Crippen LogP contribution in [0.25, 0.3) is 43.2 Å². The number of aliphatic carboxylic acids is 1. The summed E-state index contributed by atoms with van der Waals surface area (Å²) in [4.78, 5) is 34.0. The van der Waals surface area contributed by atoms with E-state index in [9.17, 15) is 14.7 Å². The van der Waals surface area contributed by atoms with E-state index in [4.69, 9.17) is 26.1 Å². The predicted molar refractivity (Wildman–Crippen MR) is 169 cm³/mol. The first-order valence-electron chi connectivity index (χ1n) is 13.6. The van der Waals surface area contributed by atoms with Crippen molar-refractivity contribution in [2.75, 3.05) is 11.9 Å². The zero-order chi connectivity index (χ0) is 30.5. The lowest BCUT2D eigenvalue weighted by Gasteiger charge is -2.28. The molecule has 43 heavy (non-hydrogen) atoms. The van der Waals surface area contributed by atoms with Crippen LogP contribution < -0.4 is 10.1 Å². The van der Waals surface area contributed by atoms with Crippen LogP contribution in [0.3, 0.4) is 0 Å². The lowest BCUT2D eigenvalue weighted by molar-refractivity contribution is -0.160. The first kappa shape index (κ1) is 28.8. The van der Waals surface area contributed by atoms with Gasteiger partial charge < -0.3 is 19.9 Å². The maximum atomic E-state index is 12.6. The molecular formula is C33H28ClN3O5S. The molecule has 10 heteroatoms. The van der Waals surface area contributed by atoms with E-state index >= 15 is 0 Å². The summed E-state index contributed by atoms with van der Waals surface area (Å²) in [6.45, 7) is 7.40. The number of hydrogen-bond acceptors (Lipinski definition) is 7. The average Bonchev–Trinajstić information content (AvgIpc) is 3.38. The fraction of sp³-hybridized carbons (Fsp3) is 0.212. The van der Waals surface area contributed by atoms with Crippen molar-refractivity contribution in [1.29, 1.82) is 0 Å². The summed E-state index contributed by atoms with van der Waals surface area (Å²) in [5, 5.41) is 14.5. The summed E-state index contributed by atoms with van der Waals surface area (Å²) < 4.78 is 12.5. The molecule has 0 spiro atoms. The fourth-order valence-electron chi connectivity index (χ4n) is 5.13. The molecule has 8 nitrogen and oxygen atoms in total. The first-order chi connectivity index (χ1) is 20.5. The molecule has 3 aromatic carbocycles. The Morgan fingerprint density at radius 3 is 2.53 bits per heavy atom. The minimum atomic E-state index is -1.19. The molecule has 0 saturated carbocycles. The molecule has 0 aliphatic carbocycles. The second-order valence-electron chi connectivity index (χ2n) is 11.3. The van der Waals surface area contributed by atoms with Gasteiger partial charge in [0.05, 0.1) is 27.2 Å². The quantitative estimate of drug-likeness (QED) is 0.200. The highest BCUT2D eigenvalue weighted by Gasteiger charge is 2.32. The number of carbonyl (C=O) groups is 2. The third-order valence-electron chi connectivity index (χ3n) is 6.93. The van der Waals surface area contributed by atoms with Crippen LogP contribution in [0.2, 0.25) is 5.02 Å². The molecule has 5 aromatic rings. The third kappa shape index (κ3) is 5.84. The Hall–Kier alpha value is -4.31. The van der Waals surface area contributed by atoms with Crippen LogP contribution in [0.15, 0.2) is 66.9 Å². The van der Waals surface area contributed by atoms with E-state index in [-0.39, 0.29) is 12.5 Å². The molecule has 2 aromatic heterocycles. The van der Waals surface area contributed by atoms with Crippen LogP contribution in [0.1, 0.15) is 38.0 Å². The maximum absolute atomic E-state index is 12.6. The fourth-order valence-corrected chi connectivity index (χ4v) is 6.37. The number of aromatic nitrogens is 2. The molecule has 0 fully saturated rings. The Morgan fingerprint density at radius 1 is 1.07 bits per heavy atom. The van der Waals surface area contributed by atoms with E-state index in [1.165, 1.54) is 11.3 Å². The van der Waals surface area contributed by atoms with Gasteiger partial charge in [-0.25, -0.2) is 9.78 Å². The van der Waals surface area contributed by atoms with Crippen LogP contribution in [0.4, 0.5) is 5.69 Å². The van der Waals surface area contributed by atoms with E-state index in [1.54, 1.807) is 18.3 Å². The number of aryl methyl sites for hydroxylation is 1. The molecule has 218 valence electrons. The molecule has 6 rings (SSSR count). The van der Waals surface area contributed by atoms with Crippen molar-refractivity contribution in [2.45, 2.75) is 39.4 Å². The number of carboxylic acids is 1. The number of halogens is 1. The summed E-state index contributed by atoms with van der Waals surface area (Å²) in [6.07, 6.45) is 0.529. The number of pyridine rings is 1. The Morgan fingerprint density at radius 2 is 1.81 bits per heavy atom. The molecular weight excluding hydrogens is 586 g/mol. The third-order valence-corrected chi connectivity index (χ3v) is 8.32. The van der Waals surface area contributed by atoms with E-state index in [0.29, 0.717) is 27.7 Å². The normalized spacial score (nSPS) is 13.7. The number of thiazole rings is 1. The summed E-state index contributed by atoms with van der Waals surface area (Å²) in [5.74, 6) is -0.658. The van der Waals surface area contributed by atoms with Crippen LogP contribution in [-0.4, -0.2) is 39.2 Å². The number of carboxylic acid groups (broad SMARTS) is 1. The molecule has 1 atom stereocenters. The van der Waals surface area contributed by atoms with Gasteiger partial charge in [-0.15, -0.1) is 11.3 Å². The van der Waals surface area contributed by atoms with Crippen LogP contribution in [-0.2, 0) is 14.3 Å². The summed E-state index contributed by atoms with van der Waals surface area (Å²) in [5.41, 5.74) is 5.95. The minimum Gasteiger partial charge on any atom is -0.482 e. The van der Waals surface area contributed by atoms with Crippen molar-refractivity contribution in [3.63, 3.8) is 0 Å². The SMILES string of the molecule is Cc1cc2nc(-c3ccnc(-c4ccc5c(c4)NC(=O)CO5)c3)sc2c(-c2ccc(Cl)cc2)c1C(OC(C)(C)C)C(=O)O. The van der Waals surface area contributed by atoms with Gasteiger partial charge in [0.25, 0.3) is 5.91 Å². The number of ether oxygens (including phenoxy) is 2. The maximum Gasteiger partial charge on any atom is 0.337 e. The Bertz CT molecular complexity index is 1900. The lowest BCUT2D eigenvalue weighted by Crippen LogP contribution is -2.28. The molecule has 0 radical (unpaired) electrons. The number of carbonyl (C=O) groups excluding carboxylic acids is 1. The Balaban J connectivity index is 1.50. The van der Waals surface area contributed by atoms with Gasteiger partial charge >= 0.3 is 5.97 Å². The number of fused-ring (bicyclic) bond motifs is 2. The second-order valence-corrected chi connectivity index (χ2v) is 12.7. The molecule has 0 bridgehead atoms. The zero-order valence-corrected chi connectivity index (χ0v) is 25.5. The second kappa shape index (κ2) is 11.1. The van der Waals surface area contributed by atoms with Gasteiger partial charge in [0, 0.05) is 33.5 Å². The van der Waals surface area contributed by atoms with Gasteiger partial charge in [-0.3, -0.25) is 9.78 Å². The van der Waals surface area contributed by atoms with Crippen molar-refractivity contribution in [3.05, 3.63) is 83.0 Å². The Labute approximate surface area is 257 Å². The zero-order valence-electron chi connectivity index (χ0n) is 23.9. The van der Waals surface area contributed by atoms with Gasteiger partial charge in [0.15, 0.2) is 12.7 Å². The average molecular weight is 614 g/mol. The van der Waals surface area contributed by atoms with E-state index in [1.807, 2.05) is 76.2 Å². The van der Waals surface area contributed by atoms with Gasteiger partial charge in [-0.2, -0.15) is 0 Å². The van der Waals surface area contributed by atoms with Crippen molar-refractivity contribution in [3.8, 4) is 38.7 Å². The highest BCUT2D eigenvalue weighted by Crippen LogP contribution is 2.44. The van der Waals surface area contributed by atoms with Crippen molar-refractivity contribution in [2.24, 2.45) is 0 Å². The molecule has 1 amide bonds. The van der Waals surface area contributed by atoms with Crippen molar-refractivity contribution < 1.29 is 24.2 Å². The first-order valence-corrected chi connectivity index (χ1v) is 14.8. The van der Waals surface area contributed by atoms with Crippen LogP contribution in [0, 0.1) is 6.92 Å². The topological polar surface area (TPSA) is 111 Å². The number of amides is 1. The molecule has 0 saturated heterocycles. The van der Waals surface area contributed by atoms with Crippen LogP contribution >= 0.6 is 22.9 Å². The smallest absolute Gasteiger partial charge is 0.337 e. The number of nitrogens with one attached hydrogen (secondary N) is 1. The van der Waals surface area contributed by atoms with E-state index < -0.39 is 17.7 Å². The largest absolute Gasteiger partial charge is 0.482 e. The number of rotatable bonds is 6. The lowest BCUT2D eigenvalue weighted by atomic mass is 9.91. The van der Waals surface area contributed by atoms with Gasteiger partial charge in [-0.1, -0.05) is 23.7 Å². The molecule has 1 aliphatic rings. The molecule has 1 unspecified atom stereocenters. The van der Waals surface area contributed by atoms with E-state index in [2.05, 4.69) is 10.3 Å². The summed E-state index contributed by atoms with van der Waals surface area (Å²) in [6, 6.07) is 18.7. The van der Waals surface area contributed by atoms with Crippen LogP contribution in [0.5, 0.6) is 5.75 Å². The summed E-state index contributed by atoms with van der Waals surface area (Å²) in [7, 11) is 0. The monoisotopic (exact) mass is 613 g/mol. The number of hydrogen-bond donors (Lipinski definition) is 2. The predicted octanol–water partition coefficient (Wildman–Crippen LogP) is 7.93. The number of nitrogens with zero attached hydrogens (tertiary/aromatic N) is 2.